The molecule has 1 heterocycles. The molecule has 0 saturated carbocycles. The molecular formula is C21H22N4O2. The van der Waals surface area contributed by atoms with Crippen molar-refractivity contribution >= 4 is 17.3 Å². The third-order valence-electron chi connectivity index (χ3n) is 4.91. The first kappa shape index (κ1) is 18.6. The van der Waals surface area contributed by atoms with Crippen molar-refractivity contribution in [3.8, 4) is 6.07 Å². The second kappa shape index (κ2) is 8.00. The Hall–Kier alpha value is -3.20. The molecule has 0 bridgehead atoms. The van der Waals surface area contributed by atoms with E-state index in [9.17, 15) is 9.70 Å². The second-order valence-electron chi connectivity index (χ2n) is 6.88. The van der Waals surface area contributed by atoms with Crippen molar-refractivity contribution in [2.24, 2.45) is 5.18 Å². The number of benzene rings is 2. The van der Waals surface area contributed by atoms with Crippen LogP contribution in [0.2, 0.25) is 0 Å². The highest BCUT2D eigenvalue weighted by Crippen LogP contribution is 2.39. The van der Waals surface area contributed by atoms with Gasteiger partial charge in [0.2, 0.25) is 5.91 Å². The summed E-state index contributed by atoms with van der Waals surface area (Å²) in [6, 6.07) is 15.7. The smallest absolute Gasteiger partial charge is 0.224 e. The first-order chi connectivity index (χ1) is 13.0. The summed E-state index contributed by atoms with van der Waals surface area (Å²) in [5.41, 5.74) is 4.62. The largest absolute Gasteiger partial charge is 0.378 e. The molecule has 0 radical (unpaired) electrons. The van der Waals surface area contributed by atoms with Crippen molar-refractivity contribution in [1.82, 2.24) is 0 Å². The van der Waals surface area contributed by atoms with Crippen LogP contribution in [0.25, 0.3) is 0 Å². The number of anilines is 2. The molecule has 2 unspecified atom stereocenters. The number of carbonyl (C=O) groups excluding carboxylic acids is 1. The fraction of sp³-hybridized carbons (Fsp3) is 0.333. The highest BCUT2D eigenvalue weighted by molar-refractivity contribution is 5.93. The quantitative estimate of drug-likeness (QED) is 0.803. The number of hydrogen-bond donors (Lipinski definition) is 1. The van der Waals surface area contributed by atoms with Crippen molar-refractivity contribution in [2.45, 2.75) is 45.3 Å². The van der Waals surface area contributed by atoms with Crippen LogP contribution in [0.15, 0.2) is 47.6 Å². The van der Waals surface area contributed by atoms with Crippen molar-refractivity contribution in [2.75, 3.05) is 10.2 Å². The predicted octanol–water partition coefficient (Wildman–Crippen LogP) is 4.32. The number of nitroso groups, excluding NO2 is 1. The summed E-state index contributed by atoms with van der Waals surface area (Å²) in [6.45, 7) is 3.72. The molecule has 1 aliphatic heterocycles. The maximum absolute atomic E-state index is 12.2. The van der Waals surface area contributed by atoms with Gasteiger partial charge in [0, 0.05) is 24.3 Å². The van der Waals surface area contributed by atoms with Gasteiger partial charge < -0.3 is 10.2 Å². The average molecular weight is 362 g/mol. The third kappa shape index (κ3) is 3.98. The minimum Gasteiger partial charge on any atom is -0.378 e. The molecule has 3 rings (SSSR count). The molecule has 0 fully saturated rings. The van der Waals surface area contributed by atoms with Crippen molar-refractivity contribution in [1.29, 1.82) is 5.26 Å². The normalized spacial score (nSPS) is 18.3. The molecule has 138 valence electrons. The van der Waals surface area contributed by atoms with Crippen LogP contribution in [0.5, 0.6) is 0 Å². The Labute approximate surface area is 158 Å². The molecule has 2 aromatic carbocycles. The molecule has 27 heavy (non-hydrogen) atoms. The molecule has 2 atom stereocenters. The summed E-state index contributed by atoms with van der Waals surface area (Å²) < 4.78 is 0. The van der Waals surface area contributed by atoms with Crippen molar-refractivity contribution < 1.29 is 4.79 Å². The lowest BCUT2D eigenvalue weighted by Crippen LogP contribution is -2.43. The highest BCUT2D eigenvalue weighted by Gasteiger charge is 2.32. The van der Waals surface area contributed by atoms with Gasteiger partial charge in [0.05, 0.1) is 18.5 Å². The minimum atomic E-state index is 0.00400. The summed E-state index contributed by atoms with van der Waals surface area (Å²) in [5, 5.41) is 15.3. The fourth-order valence-electron chi connectivity index (χ4n) is 3.71. The molecule has 6 heteroatoms. The number of fused-ring (bicyclic) bond motifs is 1. The molecule has 0 spiro atoms. The van der Waals surface area contributed by atoms with E-state index >= 15 is 0 Å². The van der Waals surface area contributed by atoms with Crippen LogP contribution in [0.3, 0.4) is 0 Å². The summed E-state index contributed by atoms with van der Waals surface area (Å²) in [4.78, 5) is 24.6. The molecule has 2 aromatic rings. The number of carbonyl (C=O) groups is 1. The van der Waals surface area contributed by atoms with Gasteiger partial charge in [-0.2, -0.15) is 10.2 Å². The maximum atomic E-state index is 12.2. The van der Waals surface area contributed by atoms with Crippen LogP contribution in [0, 0.1) is 16.2 Å². The van der Waals surface area contributed by atoms with Crippen LogP contribution in [-0.4, -0.2) is 11.9 Å². The standard InChI is InChI=1S/C21H22N4O2/c1-14-11-20(24-18-6-3-16(4-7-18)9-10-22)19-12-17(13-23-27)5-8-21(19)25(14)15(2)26/h3-8,12,14,20,24H,9,11,13H2,1-2H3. The van der Waals surface area contributed by atoms with Gasteiger partial charge in [-0.3, -0.25) is 4.79 Å². The zero-order valence-corrected chi connectivity index (χ0v) is 15.5. The van der Waals surface area contributed by atoms with Crippen LogP contribution in [0.1, 0.15) is 43.0 Å². The number of rotatable bonds is 5. The van der Waals surface area contributed by atoms with Gasteiger partial charge in [0.15, 0.2) is 0 Å². The summed E-state index contributed by atoms with van der Waals surface area (Å²) >= 11 is 0. The Bertz CT molecular complexity index is 886. The van der Waals surface area contributed by atoms with E-state index in [1.54, 1.807) is 6.92 Å². The lowest BCUT2D eigenvalue weighted by atomic mass is 9.90. The van der Waals surface area contributed by atoms with Gasteiger partial charge >= 0.3 is 0 Å². The summed E-state index contributed by atoms with van der Waals surface area (Å²) in [7, 11) is 0. The molecule has 0 aliphatic carbocycles. The summed E-state index contributed by atoms with van der Waals surface area (Å²) in [6.07, 6.45) is 1.14. The van der Waals surface area contributed by atoms with E-state index in [0.29, 0.717) is 6.42 Å². The molecule has 0 aromatic heterocycles. The first-order valence-corrected chi connectivity index (χ1v) is 8.97. The maximum Gasteiger partial charge on any atom is 0.224 e. The zero-order chi connectivity index (χ0) is 19.4. The van der Waals surface area contributed by atoms with Crippen LogP contribution < -0.4 is 10.2 Å². The van der Waals surface area contributed by atoms with Gasteiger partial charge in [0.1, 0.15) is 6.54 Å². The first-order valence-electron chi connectivity index (χ1n) is 8.97. The van der Waals surface area contributed by atoms with E-state index in [0.717, 1.165) is 34.5 Å². The molecule has 1 amide bonds. The van der Waals surface area contributed by atoms with E-state index in [1.165, 1.54) is 0 Å². The second-order valence-corrected chi connectivity index (χ2v) is 6.88. The van der Waals surface area contributed by atoms with Crippen molar-refractivity contribution in [3.05, 3.63) is 64.1 Å². The van der Waals surface area contributed by atoms with E-state index in [-0.39, 0.29) is 24.5 Å². The van der Waals surface area contributed by atoms with Crippen LogP contribution in [0.4, 0.5) is 11.4 Å². The summed E-state index contributed by atoms with van der Waals surface area (Å²) in [5.74, 6) is 0.00400. The van der Waals surface area contributed by atoms with Crippen molar-refractivity contribution in [3.63, 3.8) is 0 Å². The number of hydrogen-bond acceptors (Lipinski definition) is 5. The highest BCUT2D eigenvalue weighted by atomic mass is 16.3. The van der Waals surface area contributed by atoms with E-state index in [4.69, 9.17) is 5.26 Å². The van der Waals surface area contributed by atoms with Gasteiger partial charge in [-0.25, -0.2) is 0 Å². The lowest BCUT2D eigenvalue weighted by Gasteiger charge is -2.39. The molecule has 6 nitrogen and oxygen atoms in total. The Kier molecular flexibility index (Phi) is 5.51. The van der Waals surface area contributed by atoms with E-state index in [2.05, 4.69) is 16.6 Å². The SMILES string of the molecule is CC(=O)N1c2ccc(CN=O)cc2C(Nc2ccc(CC#N)cc2)CC1C. The Morgan fingerprint density at radius 3 is 2.59 bits per heavy atom. The molecule has 0 saturated heterocycles. The number of nitriles is 1. The Morgan fingerprint density at radius 1 is 1.26 bits per heavy atom. The zero-order valence-electron chi connectivity index (χ0n) is 15.5. The molecule has 1 aliphatic rings. The monoisotopic (exact) mass is 362 g/mol. The van der Waals surface area contributed by atoms with Crippen LogP contribution in [-0.2, 0) is 17.8 Å². The van der Waals surface area contributed by atoms with Gasteiger partial charge in [-0.15, -0.1) is 0 Å². The fourth-order valence-corrected chi connectivity index (χ4v) is 3.71. The van der Waals surface area contributed by atoms with Gasteiger partial charge in [0.25, 0.3) is 0 Å². The number of nitrogens with one attached hydrogen (secondary N) is 1. The topological polar surface area (TPSA) is 85.6 Å². The van der Waals surface area contributed by atoms with Crippen LogP contribution >= 0.6 is 0 Å². The Morgan fingerprint density at radius 2 is 1.96 bits per heavy atom. The number of amides is 1. The Balaban J connectivity index is 1.94. The average Bonchev–Trinajstić information content (AvgIpc) is 2.64. The minimum absolute atomic E-state index is 0.00400. The van der Waals surface area contributed by atoms with E-state index < -0.39 is 0 Å². The van der Waals surface area contributed by atoms with E-state index in [1.807, 2.05) is 54.3 Å². The molecule has 1 N–H and O–H groups in total. The number of nitrogens with zero attached hydrogens (tertiary/aromatic N) is 3. The predicted molar refractivity (Wildman–Crippen MR) is 105 cm³/mol. The molecular weight excluding hydrogens is 340 g/mol. The van der Waals surface area contributed by atoms with Gasteiger partial charge in [-0.05, 0) is 54.3 Å². The lowest BCUT2D eigenvalue weighted by molar-refractivity contribution is -0.117. The third-order valence-corrected chi connectivity index (χ3v) is 4.91. The van der Waals surface area contributed by atoms with Gasteiger partial charge in [-0.1, -0.05) is 23.4 Å².